The lowest BCUT2D eigenvalue weighted by atomic mass is 10.1. The number of rotatable bonds is 5. The molecule has 0 aliphatic heterocycles. The molecule has 1 N–H and O–H groups in total. The van der Waals surface area contributed by atoms with Gasteiger partial charge in [-0.25, -0.2) is 4.79 Å². The van der Waals surface area contributed by atoms with Gasteiger partial charge in [0.1, 0.15) is 0 Å². The molecular weight excluding hydrogens is 318 g/mol. The average molecular weight is 334 g/mol. The third-order valence-corrected chi connectivity index (χ3v) is 3.90. The first-order valence-corrected chi connectivity index (χ1v) is 7.23. The van der Waals surface area contributed by atoms with Crippen LogP contribution in [0.1, 0.15) is 22.8 Å². The van der Waals surface area contributed by atoms with Crippen LogP contribution in [0.25, 0.3) is 0 Å². The number of carboxylic acids is 1. The quantitative estimate of drug-likeness (QED) is 0.892. The lowest BCUT2D eigenvalue weighted by Crippen LogP contribution is -2.22. The van der Waals surface area contributed by atoms with E-state index >= 15 is 0 Å². The molecule has 2 aromatic carbocycles. The van der Waals surface area contributed by atoms with Gasteiger partial charge in [0, 0.05) is 23.2 Å². The summed E-state index contributed by atoms with van der Waals surface area (Å²) < 4.78 is 0.826. The van der Waals surface area contributed by atoms with Crippen LogP contribution in [0.5, 0.6) is 0 Å². The SMILES string of the molecule is CCN(Cc1ccc(C(=O)O)cc1Br)c1ccccc1. The van der Waals surface area contributed by atoms with Gasteiger partial charge < -0.3 is 10.0 Å². The first-order chi connectivity index (χ1) is 9.61. The molecule has 2 aromatic rings. The predicted octanol–water partition coefficient (Wildman–Crippen LogP) is 4.17. The fourth-order valence-electron chi connectivity index (χ4n) is 2.04. The Morgan fingerprint density at radius 1 is 1.20 bits per heavy atom. The Bertz CT molecular complexity index is 599. The molecule has 20 heavy (non-hydrogen) atoms. The van der Waals surface area contributed by atoms with Crippen molar-refractivity contribution in [2.45, 2.75) is 13.5 Å². The zero-order valence-electron chi connectivity index (χ0n) is 11.2. The summed E-state index contributed by atoms with van der Waals surface area (Å²) in [4.78, 5) is 13.2. The molecule has 0 aliphatic rings. The van der Waals surface area contributed by atoms with Crippen molar-refractivity contribution in [2.75, 3.05) is 11.4 Å². The molecule has 0 aliphatic carbocycles. The third kappa shape index (κ3) is 3.39. The molecule has 0 radical (unpaired) electrons. The molecular formula is C16H16BrNO2. The molecule has 0 unspecified atom stereocenters. The van der Waals surface area contributed by atoms with Crippen molar-refractivity contribution in [3.05, 3.63) is 64.1 Å². The fourth-order valence-corrected chi connectivity index (χ4v) is 2.54. The second-order valence-electron chi connectivity index (χ2n) is 4.46. The Kier molecular flexibility index (Phi) is 4.79. The fraction of sp³-hybridized carbons (Fsp3) is 0.188. The van der Waals surface area contributed by atoms with Crippen molar-refractivity contribution in [1.82, 2.24) is 0 Å². The molecule has 0 amide bonds. The molecule has 0 aromatic heterocycles. The van der Waals surface area contributed by atoms with Crippen LogP contribution in [0.2, 0.25) is 0 Å². The smallest absolute Gasteiger partial charge is 0.335 e. The number of nitrogens with zero attached hydrogens (tertiary/aromatic N) is 1. The number of halogens is 1. The number of hydrogen-bond acceptors (Lipinski definition) is 2. The number of carbonyl (C=O) groups is 1. The minimum absolute atomic E-state index is 0.295. The minimum atomic E-state index is -0.910. The second-order valence-corrected chi connectivity index (χ2v) is 5.32. The van der Waals surface area contributed by atoms with Crippen molar-refractivity contribution < 1.29 is 9.90 Å². The maximum Gasteiger partial charge on any atom is 0.335 e. The van der Waals surface area contributed by atoms with E-state index in [1.165, 1.54) is 0 Å². The summed E-state index contributed by atoms with van der Waals surface area (Å²) >= 11 is 3.46. The Balaban J connectivity index is 2.22. The molecule has 0 atom stereocenters. The monoisotopic (exact) mass is 333 g/mol. The van der Waals surface area contributed by atoms with E-state index in [9.17, 15) is 4.79 Å². The Morgan fingerprint density at radius 2 is 1.90 bits per heavy atom. The Hall–Kier alpha value is -1.81. The van der Waals surface area contributed by atoms with Crippen LogP contribution in [0.15, 0.2) is 53.0 Å². The minimum Gasteiger partial charge on any atom is -0.478 e. The van der Waals surface area contributed by atoms with Gasteiger partial charge in [-0.2, -0.15) is 0 Å². The number of para-hydroxylation sites is 1. The number of carboxylic acid groups (broad SMARTS) is 1. The molecule has 0 saturated carbocycles. The van der Waals surface area contributed by atoms with Gasteiger partial charge >= 0.3 is 5.97 Å². The maximum absolute atomic E-state index is 10.9. The number of aromatic carboxylic acids is 1. The summed E-state index contributed by atoms with van der Waals surface area (Å²) in [7, 11) is 0. The van der Waals surface area contributed by atoms with Crippen LogP contribution >= 0.6 is 15.9 Å². The van der Waals surface area contributed by atoms with E-state index in [0.29, 0.717) is 5.56 Å². The number of benzene rings is 2. The summed E-state index contributed by atoms with van der Waals surface area (Å²) in [6, 6.07) is 15.3. The first-order valence-electron chi connectivity index (χ1n) is 6.43. The van der Waals surface area contributed by atoms with E-state index in [4.69, 9.17) is 5.11 Å². The summed E-state index contributed by atoms with van der Waals surface area (Å²) in [5, 5.41) is 8.97. The van der Waals surface area contributed by atoms with Crippen LogP contribution in [-0.4, -0.2) is 17.6 Å². The van der Waals surface area contributed by atoms with Gasteiger partial charge in [0.25, 0.3) is 0 Å². The summed E-state index contributed by atoms with van der Waals surface area (Å²) in [6.07, 6.45) is 0. The molecule has 3 nitrogen and oxygen atoms in total. The van der Waals surface area contributed by atoms with Crippen molar-refractivity contribution in [3.63, 3.8) is 0 Å². The molecule has 0 bridgehead atoms. The number of anilines is 1. The maximum atomic E-state index is 10.9. The zero-order valence-corrected chi connectivity index (χ0v) is 12.8. The van der Waals surface area contributed by atoms with Crippen LogP contribution in [0.4, 0.5) is 5.69 Å². The second kappa shape index (κ2) is 6.57. The first kappa shape index (κ1) is 14.6. The Labute approximate surface area is 127 Å². The summed E-state index contributed by atoms with van der Waals surface area (Å²) in [6.45, 7) is 3.73. The lowest BCUT2D eigenvalue weighted by molar-refractivity contribution is 0.0697. The van der Waals surface area contributed by atoms with Crippen molar-refractivity contribution in [2.24, 2.45) is 0 Å². The van der Waals surface area contributed by atoms with Crippen molar-refractivity contribution in [1.29, 1.82) is 0 Å². The lowest BCUT2D eigenvalue weighted by Gasteiger charge is -2.23. The summed E-state index contributed by atoms with van der Waals surface area (Å²) in [5.74, 6) is -0.910. The van der Waals surface area contributed by atoms with Gasteiger partial charge in [-0.1, -0.05) is 40.2 Å². The predicted molar refractivity (Wildman–Crippen MR) is 84.3 cm³/mol. The molecule has 0 heterocycles. The van der Waals surface area contributed by atoms with E-state index in [1.807, 2.05) is 24.3 Å². The average Bonchev–Trinajstić information content (AvgIpc) is 2.46. The van der Waals surface area contributed by atoms with E-state index in [0.717, 1.165) is 28.8 Å². The van der Waals surface area contributed by atoms with Gasteiger partial charge in [-0.15, -0.1) is 0 Å². The normalized spacial score (nSPS) is 10.3. The van der Waals surface area contributed by atoms with Gasteiger partial charge in [0.15, 0.2) is 0 Å². The molecule has 104 valence electrons. The summed E-state index contributed by atoms with van der Waals surface area (Å²) in [5.41, 5.74) is 2.52. The van der Waals surface area contributed by atoms with E-state index in [-0.39, 0.29) is 0 Å². The van der Waals surface area contributed by atoms with E-state index < -0.39 is 5.97 Å². The van der Waals surface area contributed by atoms with Gasteiger partial charge in [0.2, 0.25) is 0 Å². The molecule has 2 rings (SSSR count). The highest BCUT2D eigenvalue weighted by molar-refractivity contribution is 9.10. The molecule has 0 spiro atoms. The van der Waals surface area contributed by atoms with Gasteiger partial charge in [-0.3, -0.25) is 0 Å². The highest BCUT2D eigenvalue weighted by atomic mass is 79.9. The standard InChI is InChI=1S/C16H16BrNO2/c1-2-18(14-6-4-3-5-7-14)11-13-9-8-12(16(19)20)10-15(13)17/h3-10H,2,11H2,1H3,(H,19,20). The third-order valence-electron chi connectivity index (χ3n) is 3.16. The molecule has 0 saturated heterocycles. The van der Waals surface area contributed by atoms with Gasteiger partial charge in [0.05, 0.1) is 5.56 Å². The van der Waals surface area contributed by atoms with Crippen LogP contribution < -0.4 is 4.90 Å². The van der Waals surface area contributed by atoms with E-state index in [2.05, 4.69) is 39.9 Å². The Morgan fingerprint density at radius 3 is 2.45 bits per heavy atom. The number of hydrogen-bond donors (Lipinski definition) is 1. The van der Waals surface area contributed by atoms with Crippen molar-refractivity contribution in [3.8, 4) is 0 Å². The molecule has 4 heteroatoms. The van der Waals surface area contributed by atoms with Crippen LogP contribution in [0, 0.1) is 0 Å². The van der Waals surface area contributed by atoms with Crippen LogP contribution in [0.3, 0.4) is 0 Å². The van der Waals surface area contributed by atoms with E-state index in [1.54, 1.807) is 12.1 Å². The van der Waals surface area contributed by atoms with Gasteiger partial charge in [-0.05, 0) is 36.8 Å². The molecule has 0 fully saturated rings. The topological polar surface area (TPSA) is 40.5 Å². The zero-order chi connectivity index (χ0) is 14.5. The van der Waals surface area contributed by atoms with Crippen molar-refractivity contribution >= 4 is 27.6 Å². The largest absolute Gasteiger partial charge is 0.478 e. The van der Waals surface area contributed by atoms with Crippen LogP contribution in [-0.2, 0) is 6.54 Å². The highest BCUT2D eigenvalue weighted by Crippen LogP contribution is 2.23. The highest BCUT2D eigenvalue weighted by Gasteiger charge is 2.10.